The summed E-state index contributed by atoms with van der Waals surface area (Å²) in [6.45, 7) is 3.14. The standard InChI is InChI=1S/C21H20BrN3O3S/c1-15-13-17-3-2-4-19(20(17)23-14-15)29(27,28)25-11-9-24(10-12-25)21(26)16-5-7-18(22)8-6-16/h2-8,13-14H,9-12H2,1H3. The molecule has 0 unspecified atom stereocenters. The van der Waals surface area contributed by atoms with E-state index in [9.17, 15) is 13.2 Å². The molecule has 1 aromatic heterocycles. The third-order valence-corrected chi connectivity index (χ3v) is 7.50. The number of sulfonamides is 1. The molecule has 0 N–H and O–H groups in total. The van der Waals surface area contributed by atoms with Gasteiger partial charge in [-0.1, -0.05) is 28.1 Å². The summed E-state index contributed by atoms with van der Waals surface area (Å²) in [5.74, 6) is -0.0862. The second kappa shape index (κ2) is 7.85. The number of benzene rings is 2. The fourth-order valence-electron chi connectivity index (χ4n) is 3.50. The first-order chi connectivity index (χ1) is 13.9. The van der Waals surface area contributed by atoms with Gasteiger partial charge in [0, 0.05) is 47.8 Å². The minimum atomic E-state index is -3.69. The van der Waals surface area contributed by atoms with E-state index in [1.165, 1.54) is 4.31 Å². The maximum absolute atomic E-state index is 13.2. The number of fused-ring (bicyclic) bond motifs is 1. The Balaban J connectivity index is 1.54. The normalized spacial score (nSPS) is 15.6. The van der Waals surface area contributed by atoms with Crippen LogP contribution in [0.4, 0.5) is 0 Å². The summed E-state index contributed by atoms with van der Waals surface area (Å²) >= 11 is 3.36. The van der Waals surface area contributed by atoms with E-state index in [1.54, 1.807) is 35.4 Å². The van der Waals surface area contributed by atoms with Crippen LogP contribution in [0.15, 0.2) is 64.1 Å². The number of aromatic nitrogens is 1. The average molecular weight is 474 g/mol. The van der Waals surface area contributed by atoms with Gasteiger partial charge in [-0.15, -0.1) is 0 Å². The molecule has 0 saturated carbocycles. The summed E-state index contributed by atoms with van der Waals surface area (Å²) in [5.41, 5.74) is 2.05. The summed E-state index contributed by atoms with van der Waals surface area (Å²) < 4.78 is 28.8. The molecule has 4 rings (SSSR count). The lowest BCUT2D eigenvalue weighted by atomic mass is 10.2. The van der Waals surface area contributed by atoms with Crippen LogP contribution in [0.5, 0.6) is 0 Å². The largest absolute Gasteiger partial charge is 0.336 e. The number of aryl methyl sites for hydroxylation is 1. The van der Waals surface area contributed by atoms with Crippen molar-refractivity contribution in [1.29, 1.82) is 0 Å². The van der Waals surface area contributed by atoms with Gasteiger partial charge in [0.25, 0.3) is 5.91 Å². The topological polar surface area (TPSA) is 70.6 Å². The monoisotopic (exact) mass is 473 g/mol. The number of piperazine rings is 1. The molecule has 0 spiro atoms. The lowest BCUT2D eigenvalue weighted by molar-refractivity contribution is 0.0698. The van der Waals surface area contributed by atoms with Crippen LogP contribution in [0.2, 0.25) is 0 Å². The van der Waals surface area contributed by atoms with E-state index >= 15 is 0 Å². The number of pyridine rings is 1. The maximum atomic E-state index is 13.2. The molecule has 1 aliphatic heterocycles. The minimum absolute atomic E-state index is 0.0862. The summed E-state index contributed by atoms with van der Waals surface area (Å²) in [4.78, 5) is 18.9. The molecule has 150 valence electrons. The molecule has 1 aliphatic rings. The van der Waals surface area contributed by atoms with Crippen LogP contribution < -0.4 is 0 Å². The Hall–Kier alpha value is -2.29. The van der Waals surface area contributed by atoms with Crippen LogP contribution in [0, 0.1) is 6.92 Å². The highest BCUT2D eigenvalue weighted by molar-refractivity contribution is 9.10. The van der Waals surface area contributed by atoms with Gasteiger partial charge in [-0.2, -0.15) is 4.31 Å². The summed E-state index contributed by atoms with van der Waals surface area (Å²) in [6, 6.07) is 14.3. The van der Waals surface area contributed by atoms with Crippen molar-refractivity contribution in [2.75, 3.05) is 26.2 Å². The van der Waals surface area contributed by atoms with Gasteiger partial charge in [-0.25, -0.2) is 8.42 Å². The van der Waals surface area contributed by atoms with E-state index in [-0.39, 0.29) is 23.9 Å². The van der Waals surface area contributed by atoms with E-state index in [0.29, 0.717) is 24.2 Å². The first-order valence-electron chi connectivity index (χ1n) is 9.26. The zero-order valence-corrected chi connectivity index (χ0v) is 18.3. The molecular weight excluding hydrogens is 454 g/mol. The highest BCUT2D eigenvalue weighted by atomic mass is 79.9. The lowest BCUT2D eigenvalue weighted by Gasteiger charge is -2.34. The number of rotatable bonds is 3. The summed E-state index contributed by atoms with van der Waals surface area (Å²) in [6.07, 6.45) is 1.68. The van der Waals surface area contributed by atoms with Crippen LogP contribution in [0.25, 0.3) is 10.9 Å². The van der Waals surface area contributed by atoms with Crippen LogP contribution in [0.3, 0.4) is 0 Å². The van der Waals surface area contributed by atoms with Crippen molar-refractivity contribution in [3.05, 3.63) is 70.3 Å². The summed E-state index contributed by atoms with van der Waals surface area (Å²) in [5, 5.41) is 0.801. The lowest BCUT2D eigenvalue weighted by Crippen LogP contribution is -2.50. The van der Waals surface area contributed by atoms with Gasteiger partial charge in [0.1, 0.15) is 4.90 Å². The predicted octanol–water partition coefficient (Wildman–Crippen LogP) is 3.45. The zero-order valence-electron chi connectivity index (χ0n) is 15.9. The number of nitrogens with zero attached hydrogens (tertiary/aromatic N) is 3. The van der Waals surface area contributed by atoms with Gasteiger partial charge in [0.2, 0.25) is 10.0 Å². The third kappa shape index (κ3) is 3.92. The molecule has 29 heavy (non-hydrogen) atoms. The van der Waals surface area contributed by atoms with Gasteiger partial charge in [-0.05, 0) is 48.9 Å². The molecule has 2 aromatic carbocycles. The fourth-order valence-corrected chi connectivity index (χ4v) is 5.35. The van der Waals surface area contributed by atoms with Gasteiger partial charge < -0.3 is 4.90 Å². The molecule has 1 fully saturated rings. The Morgan fingerprint density at radius 1 is 1.03 bits per heavy atom. The van der Waals surface area contributed by atoms with E-state index in [4.69, 9.17) is 0 Å². The number of carbonyl (C=O) groups excluding carboxylic acids is 1. The molecular formula is C21H20BrN3O3S. The average Bonchev–Trinajstić information content (AvgIpc) is 2.73. The third-order valence-electron chi connectivity index (χ3n) is 5.05. The Kier molecular flexibility index (Phi) is 5.42. The van der Waals surface area contributed by atoms with E-state index in [2.05, 4.69) is 20.9 Å². The van der Waals surface area contributed by atoms with E-state index in [0.717, 1.165) is 15.4 Å². The van der Waals surface area contributed by atoms with Crippen LogP contribution >= 0.6 is 15.9 Å². The molecule has 1 amide bonds. The van der Waals surface area contributed by atoms with Crippen molar-refractivity contribution >= 4 is 42.8 Å². The summed E-state index contributed by atoms with van der Waals surface area (Å²) in [7, 11) is -3.69. The molecule has 2 heterocycles. The molecule has 8 heteroatoms. The van der Waals surface area contributed by atoms with Crippen molar-refractivity contribution < 1.29 is 13.2 Å². The minimum Gasteiger partial charge on any atom is -0.336 e. The highest BCUT2D eigenvalue weighted by Crippen LogP contribution is 2.26. The van der Waals surface area contributed by atoms with Crippen molar-refractivity contribution in [2.45, 2.75) is 11.8 Å². The second-order valence-electron chi connectivity index (χ2n) is 7.04. The van der Waals surface area contributed by atoms with Gasteiger partial charge in [0.05, 0.1) is 5.52 Å². The Morgan fingerprint density at radius 3 is 2.41 bits per heavy atom. The van der Waals surface area contributed by atoms with Gasteiger partial charge in [-0.3, -0.25) is 9.78 Å². The van der Waals surface area contributed by atoms with Crippen LogP contribution in [-0.2, 0) is 10.0 Å². The molecule has 0 radical (unpaired) electrons. The number of amides is 1. The molecule has 6 nitrogen and oxygen atoms in total. The highest BCUT2D eigenvalue weighted by Gasteiger charge is 2.31. The molecule has 3 aromatic rings. The van der Waals surface area contributed by atoms with Crippen molar-refractivity contribution in [3.63, 3.8) is 0 Å². The smallest absolute Gasteiger partial charge is 0.253 e. The molecule has 0 aliphatic carbocycles. The number of carbonyl (C=O) groups is 1. The second-order valence-corrected chi connectivity index (χ2v) is 9.87. The predicted molar refractivity (Wildman–Crippen MR) is 115 cm³/mol. The SMILES string of the molecule is Cc1cnc2c(S(=O)(=O)N3CCN(C(=O)c4ccc(Br)cc4)CC3)cccc2c1. The molecule has 0 atom stereocenters. The zero-order chi connectivity index (χ0) is 20.6. The maximum Gasteiger partial charge on any atom is 0.253 e. The number of halogens is 1. The van der Waals surface area contributed by atoms with Gasteiger partial charge >= 0.3 is 0 Å². The first-order valence-corrected chi connectivity index (χ1v) is 11.5. The quantitative estimate of drug-likeness (QED) is 0.583. The van der Waals surface area contributed by atoms with Crippen LogP contribution in [-0.4, -0.2) is 54.7 Å². The van der Waals surface area contributed by atoms with Gasteiger partial charge in [0.15, 0.2) is 0 Å². The van der Waals surface area contributed by atoms with E-state index < -0.39 is 10.0 Å². The Labute approximate surface area is 178 Å². The first kappa shape index (κ1) is 20.0. The Bertz CT molecular complexity index is 1170. The Morgan fingerprint density at radius 2 is 1.72 bits per heavy atom. The number of hydrogen-bond donors (Lipinski definition) is 0. The number of para-hydroxylation sites is 1. The fraction of sp³-hybridized carbons (Fsp3) is 0.238. The van der Waals surface area contributed by atoms with E-state index in [1.807, 2.05) is 31.2 Å². The van der Waals surface area contributed by atoms with Crippen molar-refractivity contribution in [1.82, 2.24) is 14.2 Å². The van der Waals surface area contributed by atoms with Crippen LogP contribution in [0.1, 0.15) is 15.9 Å². The van der Waals surface area contributed by atoms with Crippen molar-refractivity contribution in [3.8, 4) is 0 Å². The van der Waals surface area contributed by atoms with Crippen molar-refractivity contribution in [2.24, 2.45) is 0 Å². The molecule has 1 saturated heterocycles. The number of hydrogen-bond acceptors (Lipinski definition) is 4. The molecule has 0 bridgehead atoms.